The quantitative estimate of drug-likeness (QED) is 0.666. The van der Waals surface area contributed by atoms with Crippen LogP contribution in [-0.4, -0.2) is 21.2 Å². The normalized spacial score (nSPS) is 15.9. The summed E-state index contributed by atoms with van der Waals surface area (Å²) in [5.41, 5.74) is 2.03. The molecule has 1 aliphatic rings. The number of hydrogen-bond donors (Lipinski definition) is 1. The highest BCUT2D eigenvalue weighted by atomic mass is 32.1. The van der Waals surface area contributed by atoms with Gasteiger partial charge in [-0.3, -0.25) is 19.0 Å². The first kappa shape index (κ1) is 19.5. The Morgan fingerprint density at radius 3 is 2.90 bits per heavy atom. The van der Waals surface area contributed by atoms with E-state index in [4.69, 9.17) is 0 Å². The van der Waals surface area contributed by atoms with Crippen molar-refractivity contribution in [2.45, 2.75) is 46.6 Å². The number of ketones is 1. The van der Waals surface area contributed by atoms with Crippen LogP contribution in [0.2, 0.25) is 0 Å². The number of fused-ring (bicyclic) bond motifs is 3. The van der Waals surface area contributed by atoms with Crippen LogP contribution in [0, 0.1) is 12.8 Å². The standard InChI is InChI=1S/C22H23N3O3S/c1-12-7-8-17-18(9-12)29-21-20(17)22(28)25(14(3)23-21)11-19(27)24-16-6-4-5-15(10-16)13(2)26/h4-6,10,12H,7-9,11H2,1-3H3,(H,24,27). The fraction of sp³-hybridized carbons (Fsp3) is 0.364. The average Bonchev–Trinajstić information content (AvgIpc) is 3.02. The number of hydrogen-bond acceptors (Lipinski definition) is 5. The number of amides is 1. The molecule has 0 fully saturated rings. The molecule has 4 rings (SSSR count). The third-order valence-corrected chi connectivity index (χ3v) is 6.61. The van der Waals surface area contributed by atoms with Crippen molar-refractivity contribution in [3.8, 4) is 0 Å². The summed E-state index contributed by atoms with van der Waals surface area (Å²) in [6.45, 7) is 5.35. The Morgan fingerprint density at radius 1 is 1.34 bits per heavy atom. The molecule has 1 atom stereocenters. The van der Waals surface area contributed by atoms with Crippen molar-refractivity contribution in [2.75, 3.05) is 5.32 Å². The van der Waals surface area contributed by atoms with Gasteiger partial charge in [-0.25, -0.2) is 4.98 Å². The van der Waals surface area contributed by atoms with Crippen LogP contribution in [-0.2, 0) is 24.2 Å². The molecule has 7 heteroatoms. The Kier molecular flexibility index (Phi) is 5.08. The van der Waals surface area contributed by atoms with Crippen molar-refractivity contribution in [1.82, 2.24) is 9.55 Å². The number of Topliss-reactive ketones (excluding diaryl/α,β-unsaturated/α-hetero) is 1. The fourth-order valence-corrected chi connectivity index (χ4v) is 5.29. The average molecular weight is 410 g/mol. The van der Waals surface area contributed by atoms with Gasteiger partial charge in [-0.05, 0) is 56.7 Å². The number of rotatable bonds is 4. The molecule has 3 aromatic rings. The van der Waals surface area contributed by atoms with E-state index in [9.17, 15) is 14.4 Å². The molecular formula is C22H23N3O3S. The lowest BCUT2D eigenvalue weighted by Crippen LogP contribution is -2.30. The Hall–Kier alpha value is -2.80. The summed E-state index contributed by atoms with van der Waals surface area (Å²) in [5.74, 6) is 0.756. The fourth-order valence-electron chi connectivity index (χ4n) is 3.87. The highest BCUT2D eigenvalue weighted by Gasteiger charge is 2.24. The van der Waals surface area contributed by atoms with Gasteiger partial charge in [0.1, 0.15) is 17.2 Å². The molecule has 0 saturated heterocycles. The molecular weight excluding hydrogens is 386 g/mol. The van der Waals surface area contributed by atoms with Crippen LogP contribution in [0.15, 0.2) is 29.1 Å². The van der Waals surface area contributed by atoms with Crippen molar-refractivity contribution < 1.29 is 9.59 Å². The second-order valence-corrected chi connectivity index (χ2v) is 8.85. The van der Waals surface area contributed by atoms with Crippen LogP contribution in [0.3, 0.4) is 0 Å². The van der Waals surface area contributed by atoms with Gasteiger partial charge in [0.05, 0.1) is 5.39 Å². The van der Waals surface area contributed by atoms with Gasteiger partial charge in [-0.1, -0.05) is 19.1 Å². The summed E-state index contributed by atoms with van der Waals surface area (Å²) in [5, 5.41) is 3.45. The summed E-state index contributed by atoms with van der Waals surface area (Å²) in [6.07, 6.45) is 2.95. The number of benzene rings is 1. The lowest BCUT2D eigenvalue weighted by atomic mass is 9.89. The Morgan fingerprint density at radius 2 is 2.14 bits per heavy atom. The van der Waals surface area contributed by atoms with Crippen molar-refractivity contribution in [3.05, 3.63) is 56.4 Å². The number of nitrogens with one attached hydrogen (secondary N) is 1. The summed E-state index contributed by atoms with van der Waals surface area (Å²) in [7, 11) is 0. The minimum Gasteiger partial charge on any atom is -0.325 e. The number of thiophene rings is 1. The summed E-state index contributed by atoms with van der Waals surface area (Å²) < 4.78 is 1.44. The van der Waals surface area contributed by atoms with Gasteiger partial charge >= 0.3 is 0 Å². The maximum Gasteiger partial charge on any atom is 0.263 e. The van der Waals surface area contributed by atoms with E-state index in [1.165, 1.54) is 16.4 Å². The molecule has 1 unspecified atom stereocenters. The molecule has 150 valence electrons. The number of aromatic nitrogens is 2. The predicted molar refractivity (Wildman–Crippen MR) is 115 cm³/mol. The Labute approximate surface area is 172 Å². The van der Waals surface area contributed by atoms with Crippen LogP contribution in [0.4, 0.5) is 5.69 Å². The molecule has 29 heavy (non-hydrogen) atoms. The van der Waals surface area contributed by atoms with E-state index in [0.717, 1.165) is 29.7 Å². The van der Waals surface area contributed by atoms with Crippen LogP contribution in [0.25, 0.3) is 10.2 Å². The second-order valence-electron chi connectivity index (χ2n) is 7.77. The van der Waals surface area contributed by atoms with E-state index < -0.39 is 0 Å². The molecule has 6 nitrogen and oxygen atoms in total. The molecule has 2 heterocycles. The molecule has 1 N–H and O–H groups in total. The maximum absolute atomic E-state index is 13.2. The molecule has 1 amide bonds. The molecule has 0 saturated carbocycles. The smallest absolute Gasteiger partial charge is 0.263 e. The van der Waals surface area contributed by atoms with Crippen LogP contribution >= 0.6 is 11.3 Å². The zero-order valence-electron chi connectivity index (χ0n) is 16.7. The van der Waals surface area contributed by atoms with Crippen molar-refractivity contribution in [3.63, 3.8) is 0 Å². The number of aryl methyl sites for hydroxylation is 2. The lowest BCUT2D eigenvalue weighted by Gasteiger charge is -2.17. The predicted octanol–water partition coefficient (Wildman–Crippen LogP) is 3.73. The van der Waals surface area contributed by atoms with Gasteiger partial charge in [0.25, 0.3) is 5.56 Å². The van der Waals surface area contributed by atoms with Crippen LogP contribution < -0.4 is 10.9 Å². The molecule has 1 aliphatic carbocycles. The minimum atomic E-state index is -0.324. The molecule has 0 spiro atoms. The highest BCUT2D eigenvalue weighted by molar-refractivity contribution is 7.18. The molecule has 0 bridgehead atoms. The van der Waals surface area contributed by atoms with Crippen LogP contribution in [0.1, 0.15) is 46.9 Å². The number of nitrogens with zero attached hydrogens (tertiary/aromatic N) is 2. The van der Waals surface area contributed by atoms with E-state index in [0.29, 0.717) is 28.4 Å². The third kappa shape index (κ3) is 3.74. The molecule has 0 radical (unpaired) electrons. The van der Waals surface area contributed by atoms with Gasteiger partial charge in [0, 0.05) is 16.1 Å². The van der Waals surface area contributed by atoms with E-state index >= 15 is 0 Å². The first-order chi connectivity index (χ1) is 13.8. The van der Waals surface area contributed by atoms with Gasteiger partial charge in [0.2, 0.25) is 5.91 Å². The molecule has 0 aliphatic heterocycles. The van der Waals surface area contributed by atoms with Crippen molar-refractivity contribution in [2.24, 2.45) is 5.92 Å². The van der Waals surface area contributed by atoms with E-state index in [-0.39, 0.29) is 23.8 Å². The zero-order valence-corrected chi connectivity index (χ0v) is 17.6. The number of carbonyl (C=O) groups excluding carboxylic acids is 2. The monoisotopic (exact) mass is 409 g/mol. The van der Waals surface area contributed by atoms with E-state index in [1.807, 2.05) is 0 Å². The second kappa shape index (κ2) is 7.55. The van der Waals surface area contributed by atoms with Crippen LogP contribution in [0.5, 0.6) is 0 Å². The van der Waals surface area contributed by atoms with E-state index in [1.54, 1.807) is 42.5 Å². The molecule has 1 aromatic carbocycles. The largest absolute Gasteiger partial charge is 0.325 e. The number of anilines is 1. The molecule has 2 aromatic heterocycles. The SMILES string of the molecule is CC(=O)c1cccc(NC(=O)Cn2c(C)nc3sc4c(c3c2=O)CCC(C)C4)c1. The minimum absolute atomic E-state index is 0.0700. The first-order valence-corrected chi connectivity index (χ1v) is 10.6. The summed E-state index contributed by atoms with van der Waals surface area (Å²) in [4.78, 5) is 44.0. The Balaban J connectivity index is 1.64. The zero-order chi connectivity index (χ0) is 20.7. The third-order valence-electron chi connectivity index (χ3n) is 5.46. The maximum atomic E-state index is 13.2. The van der Waals surface area contributed by atoms with Gasteiger partial charge in [-0.2, -0.15) is 0 Å². The number of carbonyl (C=O) groups is 2. The van der Waals surface area contributed by atoms with E-state index in [2.05, 4.69) is 17.2 Å². The highest BCUT2D eigenvalue weighted by Crippen LogP contribution is 2.35. The van der Waals surface area contributed by atoms with Crippen molar-refractivity contribution >= 4 is 38.9 Å². The summed E-state index contributed by atoms with van der Waals surface area (Å²) >= 11 is 1.61. The first-order valence-electron chi connectivity index (χ1n) is 9.76. The van der Waals surface area contributed by atoms with Gasteiger partial charge in [-0.15, -0.1) is 11.3 Å². The van der Waals surface area contributed by atoms with Crippen molar-refractivity contribution in [1.29, 1.82) is 0 Å². The van der Waals surface area contributed by atoms with Gasteiger partial charge < -0.3 is 5.32 Å². The Bertz CT molecular complexity index is 1190. The van der Waals surface area contributed by atoms with Gasteiger partial charge in [0.15, 0.2) is 5.78 Å². The topological polar surface area (TPSA) is 81.1 Å². The lowest BCUT2D eigenvalue weighted by molar-refractivity contribution is -0.116. The summed E-state index contributed by atoms with van der Waals surface area (Å²) in [6, 6.07) is 6.77.